The molecule has 0 aromatic heterocycles. The largest absolute Gasteiger partial charge is 0.503 e. The lowest BCUT2D eigenvalue weighted by Crippen LogP contribution is -2.37. The van der Waals surface area contributed by atoms with Gasteiger partial charge in [-0.05, 0) is 76.9 Å². The number of fused-ring (bicyclic) bond motifs is 1. The van der Waals surface area contributed by atoms with Gasteiger partial charge in [0, 0.05) is 0 Å². The molecule has 2 aliphatic heterocycles. The van der Waals surface area contributed by atoms with Gasteiger partial charge < -0.3 is 9.84 Å². The molecule has 3 atom stereocenters. The van der Waals surface area contributed by atoms with Gasteiger partial charge in [0.25, 0.3) is 5.91 Å². The predicted octanol–water partition coefficient (Wildman–Crippen LogP) is 4.74. The normalized spacial score (nSPS) is 21.8. The van der Waals surface area contributed by atoms with Crippen LogP contribution in [0.3, 0.4) is 0 Å². The number of phenols is 1. The highest BCUT2D eigenvalue weighted by molar-refractivity contribution is 9.10. The standard InChI is InChI=1S/C25H20BrFN2O5/c1-2-33-19-13-14(12-18(26)22(19)30)21-20-23(34-29(21)17-6-4-3-5-7-17)25(32)28(24(20)31)16-10-8-15(27)9-11-16/h3-13,20-21,23,30H,2H2,1H3/t20-,21-,23-/m0/s1. The first kappa shape index (κ1) is 22.4. The fourth-order valence-corrected chi connectivity index (χ4v) is 4.89. The Labute approximate surface area is 203 Å². The summed E-state index contributed by atoms with van der Waals surface area (Å²) >= 11 is 3.36. The lowest BCUT2D eigenvalue weighted by molar-refractivity contribution is -0.126. The number of rotatable bonds is 5. The number of phenolic OH excluding ortho intramolecular Hbond substituents is 1. The second kappa shape index (κ2) is 8.73. The number of hydrogen-bond donors (Lipinski definition) is 1. The Balaban J connectivity index is 1.62. The highest BCUT2D eigenvalue weighted by atomic mass is 79.9. The molecule has 1 N–H and O–H groups in total. The molecule has 5 rings (SSSR count). The average Bonchev–Trinajstić information content (AvgIpc) is 3.34. The monoisotopic (exact) mass is 526 g/mol. The van der Waals surface area contributed by atoms with Gasteiger partial charge in [0.1, 0.15) is 11.7 Å². The van der Waals surface area contributed by atoms with E-state index in [1.54, 1.807) is 24.1 Å². The second-order valence-electron chi connectivity index (χ2n) is 7.93. The summed E-state index contributed by atoms with van der Waals surface area (Å²) in [6.45, 7) is 2.12. The molecule has 9 heteroatoms. The van der Waals surface area contributed by atoms with E-state index in [2.05, 4.69) is 15.9 Å². The Morgan fingerprint density at radius 1 is 1.03 bits per heavy atom. The van der Waals surface area contributed by atoms with Gasteiger partial charge in [-0.3, -0.25) is 14.4 Å². The lowest BCUT2D eigenvalue weighted by Gasteiger charge is -2.29. The van der Waals surface area contributed by atoms with Gasteiger partial charge in [-0.2, -0.15) is 0 Å². The van der Waals surface area contributed by atoms with Crippen molar-refractivity contribution in [3.05, 3.63) is 82.6 Å². The molecule has 2 saturated heterocycles. The number of nitrogens with zero attached hydrogens (tertiary/aromatic N) is 2. The van der Waals surface area contributed by atoms with E-state index in [0.29, 0.717) is 22.3 Å². The summed E-state index contributed by atoms with van der Waals surface area (Å²) in [6, 6.07) is 17.0. The number of benzene rings is 3. The minimum absolute atomic E-state index is 0.0610. The molecule has 0 radical (unpaired) electrons. The highest BCUT2D eigenvalue weighted by Gasteiger charge is 2.60. The lowest BCUT2D eigenvalue weighted by atomic mass is 9.90. The number of ether oxygens (including phenoxy) is 1. The predicted molar refractivity (Wildman–Crippen MR) is 126 cm³/mol. The summed E-state index contributed by atoms with van der Waals surface area (Å²) in [5.41, 5.74) is 1.56. The van der Waals surface area contributed by atoms with E-state index in [-0.39, 0.29) is 17.2 Å². The van der Waals surface area contributed by atoms with Gasteiger partial charge in [0.2, 0.25) is 5.91 Å². The zero-order chi connectivity index (χ0) is 24.0. The molecule has 0 saturated carbocycles. The third kappa shape index (κ3) is 3.61. The Hall–Kier alpha value is -3.43. The maximum atomic E-state index is 13.6. The van der Waals surface area contributed by atoms with Gasteiger partial charge in [0.05, 0.1) is 28.5 Å². The fraction of sp³-hybridized carbons (Fsp3) is 0.200. The quantitative estimate of drug-likeness (QED) is 0.483. The van der Waals surface area contributed by atoms with Crippen LogP contribution in [0.2, 0.25) is 0 Å². The number of hydrogen-bond acceptors (Lipinski definition) is 6. The minimum Gasteiger partial charge on any atom is -0.503 e. The number of carbonyl (C=O) groups is 2. The molecule has 7 nitrogen and oxygen atoms in total. The van der Waals surface area contributed by atoms with E-state index < -0.39 is 35.7 Å². The van der Waals surface area contributed by atoms with Crippen molar-refractivity contribution in [1.29, 1.82) is 0 Å². The SMILES string of the molecule is CCOc1cc([C@H]2[C@@H]3C(=O)N(c4ccc(F)cc4)C(=O)[C@H]3ON2c2ccccc2)cc(Br)c1O. The Morgan fingerprint density at radius 3 is 2.41 bits per heavy atom. The van der Waals surface area contributed by atoms with Crippen LogP contribution >= 0.6 is 15.9 Å². The van der Waals surface area contributed by atoms with Crippen molar-refractivity contribution in [2.24, 2.45) is 5.92 Å². The van der Waals surface area contributed by atoms with Gasteiger partial charge in [-0.25, -0.2) is 14.4 Å². The third-order valence-corrected chi connectivity index (χ3v) is 6.51. The minimum atomic E-state index is -1.06. The van der Waals surface area contributed by atoms with Crippen molar-refractivity contribution in [2.75, 3.05) is 16.6 Å². The fourth-order valence-electron chi connectivity index (χ4n) is 4.43. The van der Waals surface area contributed by atoms with Gasteiger partial charge in [-0.1, -0.05) is 18.2 Å². The first-order valence-corrected chi connectivity index (χ1v) is 11.5. The molecule has 0 aliphatic carbocycles. The van der Waals surface area contributed by atoms with E-state index >= 15 is 0 Å². The summed E-state index contributed by atoms with van der Waals surface area (Å²) in [4.78, 5) is 34.1. The van der Waals surface area contributed by atoms with Crippen LogP contribution in [0.4, 0.5) is 15.8 Å². The summed E-state index contributed by atoms with van der Waals surface area (Å²) in [5.74, 6) is -2.13. The number of para-hydroxylation sites is 1. The number of carbonyl (C=O) groups excluding carboxylic acids is 2. The smallest absolute Gasteiger partial charge is 0.266 e. The van der Waals surface area contributed by atoms with Crippen molar-refractivity contribution < 1.29 is 28.7 Å². The van der Waals surface area contributed by atoms with Crippen LogP contribution in [0, 0.1) is 11.7 Å². The maximum absolute atomic E-state index is 13.6. The Kier molecular flexibility index (Phi) is 5.75. The van der Waals surface area contributed by atoms with Crippen LogP contribution in [0.15, 0.2) is 71.2 Å². The number of halogens is 2. The van der Waals surface area contributed by atoms with Gasteiger partial charge in [-0.15, -0.1) is 0 Å². The molecule has 0 unspecified atom stereocenters. The summed E-state index contributed by atoms with van der Waals surface area (Å²) < 4.78 is 19.4. The molecule has 0 spiro atoms. The Morgan fingerprint density at radius 2 is 1.74 bits per heavy atom. The molecule has 2 amide bonds. The molecule has 2 aliphatic rings. The molecule has 0 bridgehead atoms. The molecule has 34 heavy (non-hydrogen) atoms. The maximum Gasteiger partial charge on any atom is 0.266 e. The van der Waals surface area contributed by atoms with Crippen LogP contribution in [0.25, 0.3) is 0 Å². The van der Waals surface area contributed by atoms with Crippen molar-refractivity contribution >= 4 is 39.1 Å². The van der Waals surface area contributed by atoms with Gasteiger partial charge in [0.15, 0.2) is 17.6 Å². The zero-order valence-electron chi connectivity index (χ0n) is 18.0. The second-order valence-corrected chi connectivity index (χ2v) is 8.78. The highest BCUT2D eigenvalue weighted by Crippen LogP contribution is 2.49. The average molecular weight is 527 g/mol. The summed E-state index contributed by atoms with van der Waals surface area (Å²) in [7, 11) is 0. The molecule has 3 aromatic rings. The van der Waals surface area contributed by atoms with Crippen molar-refractivity contribution in [1.82, 2.24) is 0 Å². The molecule has 3 aromatic carbocycles. The molecule has 2 fully saturated rings. The number of anilines is 2. The number of hydroxylamine groups is 1. The molecule has 174 valence electrons. The van der Waals surface area contributed by atoms with Crippen LogP contribution in [-0.2, 0) is 14.4 Å². The first-order valence-electron chi connectivity index (χ1n) is 10.7. The van der Waals surface area contributed by atoms with Crippen molar-refractivity contribution in [3.63, 3.8) is 0 Å². The van der Waals surface area contributed by atoms with E-state index in [9.17, 15) is 19.1 Å². The van der Waals surface area contributed by atoms with Gasteiger partial charge >= 0.3 is 0 Å². The summed E-state index contributed by atoms with van der Waals surface area (Å²) in [6.07, 6.45) is -1.06. The van der Waals surface area contributed by atoms with E-state index in [1.807, 2.05) is 30.3 Å². The molecule has 2 heterocycles. The van der Waals surface area contributed by atoms with Crippen LogP contribution in [0.1, 0.15) is 18.5 Å². The van der Waals surface area contributed by atoms with E-state index in [1.165, 1.54) is 24.3 Å². The third-order valence-electron chi connectivity index (χ3n) is 5.90. The van der Waals surface area contributed by atoms with Crippen LogP contribution in [0.5, 0.6) is 11.5 Å². The Bertz CT molecular complexity index is 1250. The van der Waals surface area contributed by atoms with Crippen LogP contribution < -0.4 is 14.7 Å². The van der Waals surface area contributed by atoms with E-state index in [4.69, 9.17) is 9.57 Å². The molecular formula is C25H20BrFN2O5. The van der Waals surface area contributed by atoms with Crippen molar-refractivity contribution in [3.8, 4) is 11.5 Å². The molecular weight excluding hydrogens is 507 g/mol. The number of imide groups is 1. The van der Waals surface area contributed by atoms with Crippen LogP contribution in [-0.4, -0.2) is 29.6 Å². The van der Waals surface area contributed by atoms with E-state index in [0.717, 1.165) is 4.90 Å². The number of amides is 2. The summed E-state index contributed by atoms with van der Waals surface area (Å²) in [5, 5.41) is 12.0. The topological polar surface area (TPSA) is 79.3 Å². The zero-order valence-corrected chi connectivity index (χ0v) is 19.6. The van der Waals surface area contributed by atoms with Crippen molar-refractivity contribution in [2.45, 2.75) is 19.1 Å². The number of aromatic hydroxyl groups is 1. The first-order chi connectivity index (χ1) is 16.4.